The molecule has 3 aromatic rings. The highest BCUT2D eigenvalue weighted by Crippen LogP contribution is 2.21. The van der Waals surface area contributed by atoms with Gasteiger partial charge in [-0.15, -0.1) is 15.3 Å². The third-order valence-corrected chi connectivity index (χ3v) is 4.48. The standard InChI is InChI=1S/C14H14N6OS/c1-19-6-4-10(14(19)21)15-11-2-3-12-16-17-13(20(12)18-11)9-5-7-22-8-9/h2-3,5,7-8,10H,4,6H2,1H3,(H,15,18). The number of amides is 1. The summed E-state index contributed by atoms with van der Waals surface area (Å²) in [4.78, 5) is 13.7. The van der Waals surface area contributed by atoms with Crippen molar-refractivity contribution in [1.29, 1.82) is 0 Å². The molecule has 7 nitrogen and oxygen atoms in total. The quantitative estimate of drug-likeness (QED) is 0.793. The maximum Gasteiger partial charge on any atom is 0.244 e. The van der Waals surface area contributed by atoms with E-state index in [1.807, 2.05) is 36.0 Å². The minimum Gasteiger partial charge on any atom is -0.357 e. The van der Waals surface area contributed by atoms with Crippen LogP contribution in [0.5, 0.6) is 0 Å². The van der Waals surface area contributed by atoms with Crippen LogP contribution in [0.4, 0.5) is 5.82 Å². The molecule has 22 heavy (non-hydrogen) atoms. The molecule has 0 spiro atoms. The molecule has 1 unspecified atom stereocenters. The van der Waals surface area contributed by atoms with Gasteiger partial charge in [-0.05, 0) is 30.0 Å². The lowest BCUT2D eigenvalue weighted by Crippen LogP contribution is -2.31. The van der Waals surface area contributed by atoms with E-state index < -0.39 is 0 Å². The van der Waals surface area contributed by atoms with E-state index in [0.717, 1.165) is 18.5 Å². The van der Waals surface area contributed by atoms with Gasteiger partial charge in [0.25, 0.3) is 0 Å². The van der Waals surface area contributed by atoms with Crippen LogP contribution in [0.15, 0.2) is 29.0 Å². The normalized spacial score (nSPS) is 18.3. The molecule has 4 heterocycles. The number of thiophene rings is 1. The first-order chi connectivity index (χ1) is 10.7. The first-order valence-electron chi connectivity index (χ1n) is 6.99. The molecule has 1 aliphatic rings. The van der Waals surface area contributed by atoms with E-state index in [0.29, 0.717) is 17.3 Å². The van der Waals surface area contributed by atoms with Gasteiger partial charge in [0.1, 0.15) is 11.9 Å². The molecule has 1 amide bonds. The summed E-state index contributed by atoms with van der Waals surface area (Å²) in [6, 6.07) is 5.45. The molecule has 0 aromatic carbocycles. The zero-order chi connectivity index (χ0) is 15.1. The number of anilines is 1. The molecule has 0 radical (unpaired) electrons. The Balaban J connectivity index is 1.68. The van der Waals surface area contributed by atoms with E-state index in [-0.39, 0.29) is 11.9 Å². The van der Waals surface area contributed by atoms with Gasteiger partial charge in [0, 0.05) is 24.5 Å². The van der Waals surface area contributed by atoms with Crippen molar-refractivity contribution >= 4 is 28.7 Å². The molecule has 3 aromatic heterocycles. The van der Waals surface area contributed by atoms with Crippen LogP contribution in [-0.4, -0.2) is 50.3 Å². The molecule has 1 aliphatic heterocycles. The Kier molecular flexibility index (Phi) is 3.04. The molecule has 1 fully saturated rings. The van der Waals surface area contributed by atoms with Crippen molar-refractivity contribution < 1.29 is 4.79 Å². The number of rotatable bonds is 3. The number of hydrogen-bond acceptors (Lipinski definition) is 6. The molecule has 0 bridgehead atoms. The second-order valence-electron chi connectivity index (χ2n) is 5.27. The first-order valence-corrected chi connectivity index (χ1v) is 7.93. The maximum absolute atomic E-state index is 12.0. The average Bonchev–Trinajstić information content (AvgIpc) is 3.23. The molecular weight excluding hydrogens is 300 g/mol. The van der Waals surface area contributed by atoms with Gasteiger partial charge in [-0.3, -0.25) is 4.79 Å². The van der Waals surface area contributed by atoms with Gasteiger partial charge >= 0.3 is 0 Å². The fourth-order valence-electron chi connectivity index (χ4n) is 2.57. The van der Waals surface area contributed by atoms with Crippen LogP contribution in [0.25, 0.3) is 17.0 Å². The number of likely N-dealkylation sites (N-methyl/N-ethyl adjacent to an activating group) is 1. The number of aromatic nitrogens is 4. The zero-order valence-electron chi connectivity index (χ0n) is 11.9. The van der Waals surface area contributed by atoms with Gasteiger partial charge in [0.05, 0.1) is 0 Å². The van der Waals surface area contributed by atoms with Crippen molar-refractivity contribution in [1.82, 2.24) is 24.7 Å². The smallest absolute Gasteiger partial charge is 0.244 e. The largest absolute Gasteiger partial charge is 0.357 e. The van der Waals surface area contributed by atoms with Crippen LogP contribution >= 0.6 is 11.3 Å². The molecule has 4 rings (SSSR count). The molecule has 0 aliphatic carbocycles. The first kappa shape index (κ1) is 13.2. The fourth-order valence-corrected chi connectivity index (χ4v) is 3.21. The molecule has 1 atom stereocenters. The Morgan fingerprint density at radius 2 is 2.23 bits per heavy atom. The van der Waals surface area contributed by atoms with Gasteiger partial charge in [-0.2, -0.15) is 15.9 Å². The summed E-state index contributed by atoms with van der Waals surface area (Å²) in [6.45, 7) is 0.769. The third-order valence-electron chi connectivity index (χ3n) is 3.79. The summed E-state index contributed by atoms with van der Waals surface area (Å²) >= 11 is 1.60. The Hall–Kier alpha value is -2.48. The molecule has 0 saturated carbocycles. The number of carbonyl (C=O) groups is 1. The summed E-state index contributed by atoms with van der Waals surface area (Å²) in [5.41, 5.74) is 1.67. The lowest BCUT2D eigenvalue weighted by molar-refractivity contribution is -0.127. The highest BCUT2D eigenvalue weighted by Gasteiger charge is 2.29. The Morgan fingerprint density at radius 3 is 2.95 bits per heavy atom. The number of hydrogen-bond donors (Lipinski definition) is 1. The minimum absolute atomic E-state index is 0.101. The van der Waals surface area contributed by atoms with Crippen molar-refractivity contribution in [3.05, 3.63) is 29.0 Å². The maximum atomic E-state index is 12.0. The van der Waals surface area contributed by atoms with Crippen LogP contribution in [0, 0.1) is 0 Å². The number of fused-ring (bicyclic) bond motifs is 1. The highest BCUT2D eigenvalue weighted by atomic mass is 32.1. The second kappa shape index (κ2) is 5.06. The Bertz CT molecular complexity index is 827. The lowest BCUT2D eigenvalue weighted by Gasteiger charge is -2.12. The van der Waals surface area contributed by atoms with E-state index in [1.54, 1.807) is 20.8 Å². The zero-order valence-corrected chi connectivity index (χ0v) is 12.7. The summed E-state index contributed by atoms with van der Waals surface area (Å²) in [5.74, 6) is 1.45. The van der Waals surface area contributed by atoms with E-state index >= 15 is 0 Å². The number of nitrogens with zero attached hydrogens (tertiary/aromatic N) is 5. The van der Waals surface area contributed by atoms with Crippen molar-refractivity contribution in [3.63, 3.8) is 0 Å². The van der Waals surface area contributed by atoms with Crippen molar-refractivity contribution in [2.45, 2.75) is 12.5 Å². The van der Waals surface area contributed by atoms with Crippen molar-refractivity contribution in [2.75, 3.05) is 18.9 Å². The lowest BCUT2D eigenvalue weighted by atomic mass is 10.2. The van der Waals surface area contributed by atoms with Crippen LogP contribution in [0.1, 0.15) is 6.42 Å². The van der Waals surface area contributed by atoms with Gasteiger partial charge in [0.2, 0.25) is 5.91 Å². The van der Waals surface area contributed by atoms with E-state index in [4.69, 9.17) is 0 Å². The Labute approximate surface area is 130 Å². The molecule has 112 valence electrons. The van der Waals surface area contributed by atoms with Gasteiger partial charge in [-0.25, -0.2) is 0 Å². The number of nitrogens with one attached hydrogen (secondary N) is 1. The van der Waals surface area contributed by atoms with Crippen molar-refractivity contribution in [3.8, 4) is 11.4 Å². The molecular formula is C14H14N6OS. The fraction of sp³-hybridized carbons (Fsp3) is 0.286. The Morgan fingerprint density at radius 1 is 1.32 bits per heavy atom. The third kappa shape index (κ3) is 2.12. The second-order valence-corrected chi connectivity index (χ2v) is 6.05. The van der Waals surface area contributed by atoms with Gasteiger partial charge in [-0.1, -0.05) is 0 Å². The van der Waals surface area contributed by atoms with Crippen LogP contribution < -0.4 is 5.32 Å². The van der Waals surface area contributed by atoms with E-state index in [9.17, 15) is 4.79 Å². The predicted molar refractivity (Wildman–Crippen MR) is 83.8 cm³/mol. The summed E-state index contributed by atoms with van der Waals surface area (Å²) in [5, 5.41) is 20.0. The number of carbonyl (C=O) groups excluding carboxylic acids is 1. The SMILES string of the molecule is CN1CCC(Nc2ccc3nnc(-c4ccsc4)n3n2)C1=O. The van der Waals surface area contributed by atoms with Gasteiger partial charge in [0.15, 0.2) is 11.5 Å². The summed E-state index contributed by atoms with van der Waals surface area (Å²) in [7, 11) is 1.81. The topological polar surface area (TPSA) is 75.4 Å². The summed E-state index contributed by atoms with van der Waals surface area (Å²) < 4.78 is 1.70. The average molecular weight is 314 g/mol. The highest BCUT2D eigenvalue weighted by molar-refractivity contribution is 7.08. The van der Waals surface area contributed by atoms with Crippen LogP contribution in [0.3, 0.4) is 0 Å². The van der Waals surface area contributed by atoms with E-state index in [1.165, 1.54) is 0 Å². The minimum atomic E-state index is -0.212. The molecule has 1 saturated heterocycles. The monoisotopic (exact) mass is 314 g/mol. The van der Waals surface area contributed by atoms with Crippen LogP contribution in [0.2, 0.25) is 0 Å². The van der Waals surface area contributed by atoms with Gasteiger partial charge < -0.3 is 10.2 Å². The van der Waals surface area contributed by atoms with Crippen molar-refractivity contribution in [2.24, 2.45) is 0 Å². The van der Waals surface area contributed by atoms with Crippen LogP contribution in [-0.2, 0) is 4.79 Å². The van der Waals surface area contributed by atoms with E-state index in [2.05, 4.69) is 20.6 Å². The predicted octanol–water partition coefficient (Wildman–Crippen LogP) is 1.50. The molecule has 8 heteroatoms. The number of likely N-dealkylation sites (tertiary alicyclic amines) is 1. The summed E-state index contributed by atoms with van der Waals surface area (Å²) in [6.07, 6.45) is 0.786. The molecule has 1 N–H and O–H groups in total.